The van der Waals surface area contributed by atoms with Gasteiger partial charge < -0.3 is 5.11 Å². The van der Waals surface area contributed by atoms with Crippen LogP contribution in [0.2, 0.25) is 5.02 Å². The lowest BCUT2D eigenvalue weighted by Crippen LogP contribution is -2.28. The van der Waals surface area contributed by atoms with Crippen molar-refractivity contribution in [1.82, 2.24) is 4.57 Å². The summed E-state index contributed by atoms with van der Waals surface area (Å²) in [6, 6.07) is 7.00. The number of hydrogen-bond acceptors (Lipinski definition) is 2. The number of halogens is 1. The molecule has 0 amide bonds. The molecule has 0 saturated carbocycles. The van der Waals surface area contributed by atoms with E-state index in [0.29, 0.717) is 16.1 Å². The second kappa shape index (κ2) is 5.81. The predicted octanol–water partition coefficient (Wildman–Crippen LogP) is 3.34. The normalized spacial score (nSPS) is 17.0. The third kappa shape index (κ3) is 2.70. The van der Waals surface area contributed by atoms with E-state index in [1.165, 1.54) is 4.57 Å². The first-order valence-electron chi connectivity index (χ1n) is 6.94. The van der Waals surface area contributed by atoms with Gasteiger partial charge in [0, 0.05) is 16.5 Å². The number of carboxylic acid groups (broad SMARTS) is 1. The van der Waals surface area contributed by atoms with E-state index in [9.17, 15) is 9.59 Å². The average molecular weight is 316 g/mol. The minimum absolute atomic E-state index is 0.0300. The van der Waals surface area contributed by atoms with Crippen LogP contribution in [0.25, 0.3) is 10.9 Å². The molecule has 0 spiro atoms. The van der Waals surface area contributed by atoms with Gasteiger partial charge in [0.15, 0.2) is 0 Å². The molecule has 1 heterocycles. The molecule has 22 heavy (non-hydrogen) atoms. The third-order valence-corrected chi connectivity index (χ3v) is 3.99. The summed E-state index contributed by atoms with van der Waals surface area (Å²) in [5.41, 5.74) is 0.873. The molecule has 5 heteroatoms. The summed E-state index contributed by atoms with van der Waals surface area (Å²) in [4.78, 5) is 23.8. The number of hydrogen-bond donors (Lipinski definition) is 1. The first-order valence-corrected chi connectivity index (χ1v) is 7.32. The molecular formula is C17H14ClNO3. The van der Waals surface area contributed by atoms with Gasteiger partial charge in [-0.2, -0.15) is 0 Å². The standard InChI is InChI=1S/C17H14ClNO3/c18-13-7-6-12-8-14(11-4-2-1-3-5-11)17(22)19(10-16(20)21)15(12)9-13/h1-4,6-9,11H,5,10H2,(H,20,21). The molecule has 112 valence electrons. The summed E-state index contributed by atoms with van der Waals surface area (Å²) in [6.45, 7) is -0.379. The molecule has 0 fully saturated rings. The zero-order valence-electron chi connectivity index (χ0n) is 11.7. The molecule has 0 radical (unpaired) electrons. The van der Waals surface area contributed by atoms with Crippen LogP contribution in [0.15, 0.2) is 53.4 Å². The Morgan fingerprint density at radius 3 is 2.82 bits per heavy atom. The molecule has 1 aromatic heterocycles. The summed E-state index contributed by atoms with van der Waals surface area (Å²) in [5.74, 6) is -1.09. The lowest BCUT2D eigenvalue weighted by atomic mass is 9.92. The van der Waals surface area contributed by atoms with Gasteiger partial charge in [0.05, 0.1) is 5.52 Å². The van der Waals surface area contributed by atoms with Crippen LogP contribution in [0.5, 0.6) is 0 Å². The Morgan fingerprint density at radius 2 is 2.14 bits per heavy atom. The molecule has 1 aliphatic carbocycles. The maximum atomic E-state index is 12.7. The minimum Gasteiger partial charge on any atom is -0.480 e. The molecule has 1 atom stereocenters. The molecule has 0 bridgehead atoms. The molecule has 2 aromatic rings. The fraction of sp³-hybridized carbons (Fsp3) is 0.176. The minimum atomic E-state index is -1.06. The largest absolute Gasteiger partial charge is 0.480 e. The molecule has 1 aromatic carbocycles. The molecule has 1 aliphatic rings. The van der Waals surface area contributed by atoms with Crippen LogP contribution in [0.3, 0.4) is 0 Å². The average Bonchev–Trinajstić information content (AvgIpc) is 2.51. The molecular weight excluding hydrogens is 302 g/mol. The molecule has 1 N–H and O–H groups in total. The fourth-order valence-electron chi connectivity index (χ4n) is 2.74. The predicted molar refractivity (Wildman–Crippen MR) is 86.5 cm³/mol. The van der Waals surface area contributed by atoms with Gasteiger partial charge in [-0.3, -0.25) is 14.2 Å². The highest BCUT2D eigenvalue weighted by atomic mass is 35.5. The Morgan fingerprint density at radius 1 is 1.32 bits per heavy atom. The SMILES string of the molecule is O=C(O)Cn1c(=O)c(C2C=CC=CC2)cc2ccc(Cl)cc21. The highest BCUT2D eigenvalue weighted by Crippen LogP contribution is 2.26. The van der Waals surface area contributed by atoms with E-state index in [2.05, 4.69) is 0 Å². The quantitative estimate of drug-likeness (QED) is 0.945. The van der Waals surface area contributed by atoms with E-state index in [1.807, 2.05) is 30.4 Å². The van der Waals surface area contributed by atoms with E-state index in [-0.39, 0.29) is 18.0 Å². The van der Waals surface area contributed by atoms with Gasteiger partial charge >= 0.3 is 5.97 Å². The smallest absolute Gasteiger partial charge is 0.323 e. The van der Waals surface area contributed by atoms with Crippen molar-refractivity contribution in [1.29, 1.82) is 0 Å². The lowest BCUT2D eigenvalue weighted by Gasteiger charge is -2.17. The number of aliphatic carboxylic acids is 1. The molecule has 3 rings (SSSR count). The van der Waals surface area contributed by atoms with Crippen molar-refractivity contribution in [3.05, 3.63) is 69.5 Å². The van der Waals surface area contributed by atoms with Crippen molar-refractivity contribution in [3.8, 4) is 0 Å². The van der Waals surface area contributed by atoms with Crippen LogP contribution in [0.4, 0.5) is 0 Å². The maximum absolute atomic E-state index is 12.7. The van der Waals surface area contributed by atoms with Crippen LogP contribution in [0, 0.1) is 0 Å². The van der Waals surface area contributed by atoms with Crippen molar-refractivity contribution in [2.24, 2.45) is 0 Å². The summed E-state index contributed by atoms with van der Waals surface area (Å²) < 4.78 is 1.28. The van der Waals surface area contributed by atoms with Crippen molar-refractivity contribution in [2.45, 2.75) is 18.9 Å². The van der Waals surface area contributed by atoms with Gasteiger partial charge in [-0.25, -0.2) is 0 Å². The second-order valence-corrected chi connectivity index (χ2v) is 5.68. The van der Waals surface area contributed by atoms with E-state index < -0.39 is 5.97 Å². The Balaban J connectivity index is 2.26. The molecule has 0 saturated heterocycles. The Hall–Kier alpha value is -2.33. The van der Waals surface area contributed by atoms with Gasteiger partial charge in [0.25, 0.3) is 5.56 Å². The number of rotatable bonds is 3. The van der Waals surface area contributed by atoms with Crippen LogP contribution in [-0.2, 0) is 11.3 Å². The van der Waals surface area contributed by atoms with Crippen molar-refractivity contribution in [2.75, 3.05) is 0 Å². The number of allylic oxidation sites excluding steroid dienone is 4. The Bertz CT molecular complexity index is 864. The maximum Gasteiger partial charge on any atom is 0.323 e. The van der Waals surface area contributed by atoms with Gasteiger partial charge in [-0.1, -0.05) is 42.0 Å². The highest BCUT2D eigenvalue weighted by molar-refractivity contribution is 6.31. The number of carboxylic acids is 1. The topological polar surface area (TPSA) is 59.3 Å². The van der Waals surface area contributed by atoms with Gasteiger partial charge in [-0.15, -0.1) is 0 Å². The van der Waals surface area contributed by atoms with Crippen molar-refractivity contribution in [3.63, 3.8) is 0 Å². The highest BCUT2D eigenvalue weighted by Gasteiger charge is 2.18. The van der Waals surface area contributed by atoms with Crippen molar-refractivity contribution < 1.29 is 9.90 Å². The molecule has 0 aliphatic heterocycles. The summed E-state index contributed by atoms with van der Waals surface area (Å²) in [5, 5.41) is 10.4. The fourth-order valence-corrected chi connectivity index (χ4v) is 2.90. The Kier molecular flexibility index (Phi) is 3.86. The molecule has 4 nitrogen and oxygen atoms in total. The monoisotopic (exact) mass is 315 g/mol. The van der Waals surface area contributed by atoms with E-state index in [4.69, 9.17) is 16.7 Å². The zero-order valence-corrected chi connectivity index (χ0v) is 12.5. The van der Waals surface area contributed by atoms with E-state index in [1.54, 1.807) is 18.2 Å². The van der Waals surface area contributed by atoms with Gasteiger partial charge in [0.2, 0.25) is 0 Å². The third-order valence-electron chi connectivity index (χ3n) is 3.76. The molecule has 1 unspecified atom stereocenters. The number of carbonyl (C=O) groups is 1. The summed E-state index contributed by atoms with van der Waals surface area (Å²) in [6.07, 6.45) is 8.54. The summed E-state index contributed by atoms with van der Waals surface area (Å²) in [7, 11) is 0. The Labute approximate surface area is 131 Å². The second-order valence-electron chi connectivity index (χ2n) is 5.24. The number of aromatic nitrogens is 1. The first kappa shape index (κ1) is 14.6. The number of fused-ring (bicyclic) bond motifs is 1. The van der Waals surface area contributed by atoms with Gasteiger partial charge in [-0.05, 0) is 30.0 Å². The van der Waals surface area contributed by atoms with Gasteiger partial charge in [0.1, 0.15) is 6.54 Å². The number of nitrogens with zero attached hydrogens (tertiary/aromatic N) is 1. The number of pyridine rings is 1. The van der Waals surface area contributed by atoms with Crippen LogP contribution in [-0.4, -0.2) is 15.6 Å². The van der Waals surface area contributed by atoms with Crippen molar-refractivity contribution >= 4 is 28.5 Å². The van der Waals surface area contributed by atoms with Crippen LogP contribution < -0.4 is 5.56 Å². The van der Waals surface area contributed by atoms with E-state index >= 15 is 0 Å². The summed E-state index contributed by atoms with van der Waals surface area (Å²) >= 11 is 5.98. The number of benzene rings is 1. The first-order chi connectivity index (χ1) is 10.6. The van der Waals surface area contributed by atoms with Crippen LogP contribution in [0.1, 0.15) is 17.9 Å². The lowest BCUT2D eigenvalue weighted by molar-refractivity contribution is -0.137. The zero-order chi connectivity index (χ0) is 15.7. The van der Waals surface area contributed by atoms with Crippen LogP contribution >= 0.6 is 11.6 Å². The van der Waals surface area contributed by atoms with E-state index in [0.717, 1.165) is 11.8 Å².